The summed E-state index contributed by atoms with van der Waals surface area (Å²) < 4.78 is 0. The van der Waals surface area contributed by atoms with E-state index in [1.165, 1.54) is 24.0 Å². The highest BCUT2D eigenvalue weighted by Gasteiger charge is 2.22. The van der Waals surface area contributed by atoms with Crippen molar-refractivity contribution in [2.75, 3.05) is 0 Å². The summed E-state index contributed by atoms with van der Waals surface area (Å²) in [6.07, 6.45) is 5.27. The van der Waals surface area contributed by atoms with Gasteiger partial charge in [-0.3, -0.25) is 0 Å². The highest BCUT2D eigenvalue weighted by molar-refractivity contribution is 5.25. The predicted octanol–water partition coefficient (Wildman–Crippen LogP) is 4.87. The highest BCUT2D eigenvalue weighted by atomic mass is 16.3. The van der Waals surface area contributed by atoms with Crippen LogP contribution in [0, 0.1) is 0 Å². The Kier molecular flexibility index (Phi) is 5.58. The van der Waals surface area contributed by atoms with Crippen LogP contribution in [0.5, 0.6) is 0 Å². The Morgan fingerprint density at radius 3 is 2.24 bits per heavy atom. The van der Waals surface area contributed by atoms with E-state index in [1.807, 2.05) is 37.3 Å². The molecule has 0 heterocycles. The largest absolute Gasteiger partial charge is 0.385 e. The van der Waals surface area contributed by atoms with Crippen LogP contribution in [0.25, 0.3) is 0 Å². The van der Waals surface area contributed by atoms with Crippen LogP contribution in [0.15, 0.2) is 54.6 Å². The minimum atomic E-state index is -0.763. The van der Waals surface area contributed by atoms with E-state index in [9.17, 15) is 5.11 Å². The predicted molar refractivity (Wildman–Crippen MR) is 89.4 cm³/mol. The summed E-state index contributed by atoms with van der Waals surface area (Å²) >= 11 is 0. The first-order valence-corrected chi connectivity index (χ1v) is 7.97. The van der Waals surface area contributed by atoms with Gasteiger partial charge in [-0.05, 0) is 49.3 Å². The number of rotatable bonds is 7. The second kappa shape index (κ2) is 7.42. The molecule has 0 aliphatic rings. The molecule has 0 saturated carbocycles. The smallest absolute Gasteiger partial charge is 0.0871 e. The first-order valence-electron chi connectivity index (χ1n) is 7.97. The average Bonchev–Trinajstić information content (AvgIpc) is 2.52. The SMILES string of the molecule is CCCCc1cccc(CCC(C)(O)c2ccccc2)c1. The Balaban J connectivity index is 1.99. The molecule has 2 aromatic rings. The molecule has 0 aliphatic heterocycles. The first kappa shape index (κ1) is 15.8. The molecule has 2 rings (SSSR count). The van der Waals surface area contributed by atoms with Crippen LogP contribution in [0.4, 0.5) is 0 Å². The maximum atomic E-state index is 10.7. The number of aryl methyl sites for hydroxylation is 2. The lowest BCUT2D eigenvalue weighted by Crippen LogP contribution is -2.21. The van der Waals surface area contributed by atoms with E-state index >= 15 is 0 Å². The van der Waals surface area contributed by atoms with Crippen molar-refractivity contribution in [2.24, 2.45) is 0 Å². The molecule has 2 aromatic carbocycles. The Morgan fingerprint density at radius 1 is 0.905 bits per heavy atom. The van der Waals surface area contributed by atoms with Gasteiger partial charge in [0, 0.05) is 0 Å². The zero-order valence-electron chi connectivity index (χ0n) is 13.2. The zero-order valence-corrected chi connectivity index (χ0v) is 13.2. The van der Waals surface area contributed by atoms with E-state index in [0.717, 1.165) is 24.8 Å². The summed E-state index contributed by atoms with van der Waals surface area (Å²) in [5, 5.41) is 10.7. The van der Waals surface area contributed by atoms with Crippen LogP contribution < -0.4 is 0 Å². The standard InChI is InChI=1S/C20H26O/c1-3-4-9-17-10-8-11-18(16-17)14-15-20(2,21)19-12-6-5-7-13-19/h5-8,10-13,16,21H,3-4,9,14-15H2,1-2H3. The Bertz CT molecular complexity index is 543. The summed E-state index contributed by atoms with van der Waals surface area (Å²) in [5.41, 5.74) is 2.96. The second-order valence-electron chi connectivity index (χ2n) is 6.06. The van der Waals surface area contributed by atoms with Gasteiger partial charge in [0.2, 0.25) is 0 Å². The Morgan fingerprint density at radius 2 is 1.57 bits per heavy atom. The Hall–Kier alpha value is -1.60. The van der Waals surface area contributed by atoms with Crippen molar-refractivity contribution in [1.29, 1.82) is 0 Å². The van der Waals surface area contributed by atoms with Gasteiger partial charge in [-0.15, -0.1) is 0 Å². The molecule has 1 atom stereocenters. The van der Waals surface area contributed by atoms with E-state index in [4.69, 9.17) is 0 Å². The third-order valence-corrected chi connectivity index (χ3v) is 4.11. The van der Waals surface area contributed by atoms with Gasteiger partial charge in [-0.2, -0.15) is 0 Å². The summed E-state index contributed by atoms with van der Waals surface area (Å²) in [7, 11) is 0. The Labute approximate surface area is 128 Å². The molecular formula is C20H26O. The van der Waals surface area contributed by atoms with Crippen LogP contribution in [-0.2, 0) is 18.4 Å². The highest BCUT2D eigenvalue weighted by Crippen LogP contribution is 2.26. The molecule has 0 bridgehead atoms. The van der Waals surface area contributed by atoms with E-state index in [1.54, 1.807) is 0 Å². The molecule has 0 radical (unpaired) electrons. The molecule has 0 fully saturated rings. The fraction of sp³-hybridized carbons (Fsp3) is 0.400. The fourth-order valence-electron chi connectivity index (χ4n) is 2.65. The molecule has 0 aliphatic carbocycles. The maximum absolute atomic E-state index is 10.7. The fourth-order valence-corrected chi connectivity index (χ4v) is 2.65. The van der Waals surface area contributed by atoms with Crippen molar-refractivity contribution in [3.05, 3.63) is 71.3 Å². The van der Waals surface area contributed by atoms with Crippen molar-refractivity contribution >= 4 is 0 Å². The molecular weight excluding hydrogens is 256 g/mol. The van der Waals surface area contributed by atoms with E-state index in [-0.39, 0.29) is 0 Å². The molecule has 1 N–H and O–H groups in total. The van der Waals surface area contributed by atoms with Crippen LogP contribution in [-0.4, -0.2) is 5.11 Å². The van der Waals surface area contributed by atoms with Gasteiger partial charge in [0.05, 0.1) is 5.60 Å². The van der Waals surface area contributed by atoms with Gasteiger partial charge in [0.25, 0.3) is 0 Å². The van der Waals surface area contributed by atoms with Gasteiger partial charge in [-0.1, -0.05) is 67.9 Å². The lowest BCUT2D eigenvalue weighted by Gasteiger charge is -2.24. The van der Waals surface area contributed by atoms with Crippen molar-refractivity contribution in [3.63, 3.8) is 0 Å². The molecule has 0 saturated heterocycles. The number of benzene rings is 2. The van der Waals surface area contributed by atoms with Crippen LogP contribution in [0.2, 0.25) is 0 Å². The van der Waals surface area contributed by atoms with Crippen molar-refractivity contribution in [3.8, 4) is 0 Å². The third-order valence-electron chi connectivity index (χ3n) is 4.11. The monoisotopic (exact) mass is 282 g/mol. The normalized spacial score (nSPS) is 13.9. The van der Waals surface area contributed by atoms with Gasteiger partial charge in [0.1, 0.15) is 0 Å². The van der Waals surface area contributed by atoms with Gasteiger partial charge < -0.3 is 5.11 Å². The molecule has 0 spiro atoms. The zero-order chi connectivity index (χ0) is 15.1. The van der Waals surface area contributed by atoms with Crippen molar-refractivity contribution in [1.82, 2.24) is 0 Å². The van der Waals surface area contributed by atoms with Crippen molar-refractivity contribution in [2.45, 2.75) is 51.6 Å². The van der Waals surface area contributed by atoms with E-state index < -0.39 is 5.60 Å². The summed E-state index contributed by atoms with van der Waals surface area (Å²) in [6, 6.07) is 18.7. The summed E-state index contributed by atoms with van der Waals surface area (Å²) in [6.45, 7) is 4.13. The van der Waals surface area contributed by atoms with Gasteiger partial charge in [-0.25, -0.2) is 0 Å². The van der Waals surface area contributed by atoms with Gasteiger partial charge in [0.15, 0.2) is 0 Å². The maximum Gasteiger partial charge on any atom is 0.0871 e. The lowest BCUT2D eigenvalue weighted by molar-refractivity contribution is 0.0480. The molecule has 0 aromatic heterocycles. The number of aliphatic hydroxyl groups is 1. The molecule has 0 amide bonds. The quantitative estimate of drug-likeness (QED) is 0.768. The summed E-state index contributed by atoms with van der Waals surface area (Å²) in [4.78, 5) is 0. The topological polar surface area (TPSA) is 20.2 Å². The molecule has 1 unspecified atom stereocenters. The number of hydrogen-bond acceptors (Lipinski definition) is 1. The van der Waals surface area contributed by atoms with Crippen LogP contribution >= 0.6 is 0 Å². The van der Waals surface area contributed by atoms with Crippen LogP contribution in [0.1, 0.15) is 49.8 Å². The second-order valence-corrected chi connectivity index (χ2v) is 6.06. The minimum Gasteiger partial charge on any atom is -0.385 e. The number of hydrogen-bond donors (Lipinski definition) is 1. The third kappa shape index (κ3) is 4.71. The van der Waals surface area contributed by atoms with E-state index in [2.05, 4.69) is 31.2 Å². The molecule has 1 heteroatoms. The van der Waals surface area contributed by atoms with Crippen LogP contribution in [0.3, 0.4) is 0 Å². The minimum absolute atomic E-state index is 0.744. The lowest BCUT2D eigenvalue weighted by atomic mass is 9.89. The average molecular weight is 282 g/mol. The molecule has 1 nitrogen and oxygen atoms in total. The van der Waals surface area contributed by atoms with Crippen molar-refractivity contribution < 1.29 is 5.11 Å². The molecule has 21 heavy (non-hydrogen) atoms. The number of unbranched alkanes of at least 4 members (excludes halogenated alkanes) is 1. The summed E-state index contributed by atoms with van der Waals surface area (Å²) in [5.74, 6) is 0. The molecule has 112 valence electrons. The van der Waals surface area contributed by atoms with Gasteiger partial charge >= 0.3 is 0 Å². The first-order chi connectivity index (χ1) is 10.1. The van der Waals surface area contributed by atoms with E-state index in [0.29, 0.717) is 0 Å².